The predicted molar refractivity (Wildman–Crippen MR) is 111 cm³/mol. The Labute approximate surface area is 173 Å². The van der Waals surface area contributed by atoms with Crippen LogP contribution in [0.15, 0.2) is 0 Å². The van der Waals surface area contributed by atoms with Gasteiger partial charge in [0, 0.05) is 0 Å². The van der Waals surface area contributed by atoms with Gasteiger partial charge in [-0.2, -0.15) is 0 Å². The van der Waals surface area contributed by atoms with E-state index in [2.05, 4.69) is 27.7 Å². The number of unbranched alkanes of at least 4 members (excludes halogenated alkanes) is 4. The van der Waals surface area contributed by atoms with E-state index in [-0.39, 0.29) is 0 Å². The molecule has 0 aromatic rings. The third-order valence-electron chi connectivity index (χ3n) is 3.94. The largest absolute Gasteiger partial charge is 0.673 e. The zero-order valence-electron chi connectivity index (χ0n) is 16.7. The third-order valence-corrected chi connectivity index (χ3v) is 3.94. The quantitative estimate of drug-likeness (QED) is 0.122. The van der Waals surface area contributed by atoms with Crippen molar-refractivity contribution in [2.75, 3.05) is 26.2 Å². The van der Waals surface area contributed by atoms with Crippen molar-refractivity contribution in [3.8, 4) is 0 Å². The number of hydrogen-bond acceptors (Lipinski definition) is 0. The zero-order valence-corrected chi connectivity index (χ0v) is 19.0. The average Bonchev–Trinajstić information content (AvgIpc) is 2.51. The Hall–Kier alpha value is 0.615. The number of alkyl halides is 3. The van der Waals surface area contributed by atoms with Crippen molar-refractivity contribution >= 4 is 42.1 Å². The van der Waals surface area contributed by atoms with Gasteiger partial charge in [-0.25, -0.2) is 0 Å². The van der Waals surface area contributed by atoms with E-state index in [1.165, 1.54) is 82.0 Å². The lowest BCUT2D eigenvalue weighted by Crippen LogP contribution is -2.50. The molecule has 0 N–H and O–H groups in total. The van der Waals surface area contributed by atoms with Gasteiger partial charge in [-0.3, -0.25) is 0 Å². The van der Waals surface area contributed by atoms with Crippen LogP contribution in [0.4, 0.5) is 17.3 Å². The van der Waals surface area contributed by atoms with Gasteiger partial charge in [-0.15, -0.1) is 0 Å². The number of rotatable bonds is 12. The summed E-state index contributed by atoms with van der Waals surface area (Å²) in [5.74, 6) is 0. The zero-order chi connectivity index (χ0) is 21.1. The molecule has 0 fully saturated rings. The maximum absolute atomic E-state index is 9.75. The van der Waals surface area contributed by atoms with Crippen molar-refractivity contribution in [2.45, 2.75) is 83.4 Å². The molecule has 0 atom stereocenters. The monoisotopic (exact) mass is 447 g/mol. The van der Waals surface area contributed by atoms with Crippen LogP contribution in [0, 0.1) is 0 Å². The molecule has 162 valence electrons. The molecular weight excluding hydrogens is 411 g/mol. The average molecular weight is 449 g/mol. The van der Waals surface area contributed by atoms with Crippen LogP contribution in [0.5, 0.6) is 0 Å². The maximum atomic E-state index is 9.75. The summed E-state index contributed by atoms with van der Waals surface area (Å²) in [7, 11) is -6.00. The highest BCUT2D eigenvalue weighted by atomic mass is 35.6. The van der Waals surface area contributed by atoms with E-state index in [0.717, 1.165) is 0 Å². The van der Waals surface area contributed by atoms with E-state index >= 15 is 0 Å². The molecule has 0 aliphatic carbocycles. The van der Waals surface area contributed by atoms with Crippen molar-refractivity contribution in [1.29, 1.82) is 0 Å². The van der Waals surface area contributed by atoms with Crippen LogP contribution in [0.3, 0.4) is 0 Å². The second-order valence-corrected chi connectivity index (χ2v) is 8.37. The van der Waals surface area contributed by atoms with E-state index in [4.69, 9.17) is 34.8 Å². The Morgan fingerprint density at radius 3 is 0.885 bits per heavy atom. The highest BCUT2D eigenvalue weighted by Crippen LogP contribution is 2.16. The van der Waals surface area contributed by atoms with Gasteiger partial charge in [0.2, 0.25) is 0 Å². The van der Waals surface area contributed by atoms with Crippen molar-refractivity contribution in [3.63, 3.8) is 0 Å². The second-order valence-electron chi connectivity index (χ2n) is 6.39. The Balaban J connectivity index is -0.000000484. The summed E-state index contributed by atoms with van der Waals surface area (Å²) in [5.41, 5.74) is 0. The van der Waals surface area contributed by atoms with Crippen LogP contribution in [0.25, 0.3) is 0 Å². The maximum Gasteiger partial charge on any atom is 0.673 e. The highest BCUT2D eigenvalue weighted by Gasteiger charge is 2.24. The summed E-state index contributed by atoms with van der Waals surface area (Å²) in [6.07, 6.45) is 11.1. The highest BCUT2D eigenvalue weighted by molar-refractivity contribution is 6.63. The lowest BCUT2D eigenvalue weighted by Gasteiger charge is -2.39. The molecule has 26 heavy (non-hydrogen) atoms. The molecule has 0 aromatic heterocycles. The molecule has 1 nitrogen and oxygen atoms in total. The molecular formula is C17H37BCl3F4N. The van der Waals surface area contributed by atoms with Gasteiger partial charge in [0.1, 0.15) is 0 Å². The first-order chi connectivity index (χ1) is 12.0. The van der Waals surface area contributed by atoms with Gasteiger partial charge in [0.15, 0.2) is 4.30 Å². The first kappa shape index (κ1) is 31.3. The molecule has 0 unspecified atom stereocenters. The fourth-order valence-corrected chi connectivity index (χ4v) is 2.64. The Morgan fingerprint density at radius 1 is 0.615 bits per heavy atom. The molecule has 0 heterocycles. The summed E-state index contributed by atoms with van der Waals surface area (Å²) < 4.78 is 39.7. The second kappa shape index (κ2) is 20.4. The summed E-state index contributed by atoms with van der Waals surface area (Å²) >= 11 is 14.4. The predicted octanol–water partition coefficient (Wildman–Crippen LogP) is 8.29. The van der Waals surface area contributed by atoms with E-state index in [1.54, 1.807) is 0 Å². The summed E-state index contributed by atoms with van der Waals surface area (Å²) in [6, 6.07) is 0. The number of hydrogen-bond donors (Lipinski definition) is 0. The first-order valence-electron chi connectivity index (χ1n) is 9.62. The summed E-state index contributed by atoms with van der Waals surface area (Å²) in [5, 5.41) is 0. The molecule has 0 bridgehead atoms. The molecule has 0 saturated carbocycles. The van der Waals surface area contributed by atoms with Gasteiger partial charge in [0.05, 0.1) is 26.2 Å². The van der Waals surface area contributed by atoms with Gasteiger partial charge in [-0.05, 0) is 25.7 Å². The van der Waals surface area contributed by atoms with Crippen molar-refractivity contribution < 1.29 is 21.7 Å². The molecule has 0 aliphatic rings. The van der Waals surface area contributed by atoms with Crippen LogP contribution in [-0.4, -0.2) is 42.2 Å². The van der Waals surface area contributed by atoms with Crippen molar-refractivity contribution in [1.82, 2.24) is 0 Å². The molecule has 0 amide bonds. The van der Waals surface area contributed by atoms with Crippen molar-refractivity contribution in [2.24, 2.45) is 0 Å². The summed E-state index contributed by atoms with van der Waals surface area (Å²) in [4.78, 5) is 0. The van der Waals surface area contributed by atoms with E-state index in [0.29, 0.717) is 0 Å². The fourth-order valence-electron chi connectivity index (χ4n) is 2.64. The van der Waals surface area contributed by atoms with Crippen molar-refractivity contribution in [3.05, 3.63) is 0 Å². The minimum Gasteiger partial charge on any atom is -0.418 e. The molecule has 9 heteroatoms. The standard InChI is InChI=1S/C16H36N.CHCl3.BF4/c1-5-9-13-17(14-10-6-2,15-11-7-3)16-12-8-4;2-1(3)4;2-1(3,4)5/h5-16H2,1-4H3;1H;/q+1;;-1. The van der Waals surface area contributed by atoms with E-state index < -0.39 is 11.5 Å². The van der Waals surface area contributed by atoms with Gasteiger partial charge < -0.3 is 21.7 Å². The van der Waals surface area contributed by atoms with Gasteiger partial charge in [-0.1, -0.05) is 88.2 Å². The van der Waals surface area contributed by atoms with Gasteiger partial charge >= 0.3 is 7.25 Å². The van der Waals surface area contributed by atoms with Gasteiger partial charge in [0.25, 0.3) is 0 Å². The lowest BCUT2D eigenvalue weighted by molar-refractivity contribution is -0.929. The van der Waals surface area contributed by atoms with Crippen LogP contribution in [0.1, 0.15) is 79.1 Å². The minimum atomic E-state index is -6.00. The van der Waals surface area contributed by atoms with Crippen LogP contribution >= 0.6 is 34.8 Å². The lowest BCUT2D eigenvalue weighted by atomic mass is 10.1. The normalized spacial score (nSPS) is 11.5. The van der Waals surface area contributed by atoms with Crippen LogP contribution in [0.2, 0.25) is 0 Å². The Morgan fingerprint density at radius 2 is 0.769 bits per heavy atom. The molecule has 0 aromatic carbocycles. The first-order valence-corrected chi connectivity index (χ1v) is 10.9. The minimum absolute atomic E-state index is 0.750. The molecule has 0 radical (unpaired) electrons. The number of quaternary nitrogens is 1. The smallest absolute Gasteiger partial charge is 0.418 e. The molecule has 0 rings (SSSR count). The Bertz CT molecular complexity index is 237. The van der Waals surface area contributed by atoms with E-state index in [9.17, 15) is 17.3 Å². The molecule has 0 aliphatic heterocycles. The van der Waals surface area contributed by atoms with E-state index in [1.807, 2.05) is 0 Å². The fraction of sp³-hybridized carbons (Fsp3) is 1.00. The van der Waals surface area contributed by atoms with Crippen LogP contribution < -0.4 is 0 Å². The van der Waals surface area contributed by atoms with Crippen LogP contribution in [-0.2, 0) is 0 Å². The SMILES string of the molecule is CCCC[N+](CCCC)(CCCC)CCCC.ClC(Cl)Cl.F[B-](F)(F)F. The molecule has 0 saturated heterocycles. The topological polar surface area (TPSA) is 0 Å². The number of halogens is 7. The Kier molecular flexibility index (Phi) is 24.5. The molecule has 0 spiro atoms. The third kappa shape index (κ3) is 32.3. The summed E-state index contributed by atoms with van der Waals surface area (Å²) in [6.45, 7) is 15.0. The number of nitrogens with zero attached hydrogens (tertiary/aromatic N) is 1.